The monoisotopic (exact) mass is 450 g/mol. The van der Waals surface area contributed by atoms with Gasteiger partial charge in [0.1, 0.15) is 11.5 Å². The number of para-hydroxylation sites is 2. The second-order valence-corrected chi connectivity index (χ2v) is 8.17. The summed E-state index contributed by atoms with van der Waals surface area (Å²) in [4.78, 5) is 26.9. The highest BCUT2D eigenvalue weighted by atomic mass is 16.5. The van der Waals surface area contributed by atoms with E-state index >= 15 is 0 Å². The number of aryl methyl sites for hydroxylation is 2. The van der Waals surface area contributed by atoms with E-state index in [0.717, 1.165) is 11.1 Å². The van der Waals surface area contributed by atoms with Gasteiger partial charge >= 0.3 is 0 Å². The van der Waals surface area contributed by atoms with Gasteiger partial charge in [0.2, 0.25) is 0 Å². The van der Waals surface area contributed by atoms with Crippen LogP contribution in [0, 0.1) is 13.8 Å². The molecule has 168 valence electrons. The molecular weight excluding hydrogens is 428 g/mol. The second-order valence-electron chi connectivity index (χ2n) is 8.17. The number of hydrogen-bond acceptors (Lipinski definition) is 6. The van der Waals surface area contributed by atoms with Crippen LogP contribution < -0.4 is 20.9 Å². The Hall–Kier alpha value is -4.58. The van der Waals surface area contributed by atoms with Crippen molar-refractivity contribution in [1.29, 1.82) is 0 Å². The highest BCUT2D eigenvalue weighted by molar-refractivity contribution is 6.32. The topological polar surface area (TPSA) is 105 Å². The Morgan fingerprint density at radius 1 is 0.559 bits per heavy atom. The molecule has 0 atom stereocenters. The van der Waals surface area contributed by atoms with Gasteiger partial charge in [-0.25, -0.2) is 0 Å². The van der Waals surface area contributed by atoms with Gasteiger partial charge in [0.25, 0.3) is 0 Å². The number of fused-ring (bicyclic) bond motifs is 2. The fourth-order valence-corrected chi connectivity index (χ4v) is 4.13. The number of ether oxygens (including phenoxy) is 2. The lowest BCUT2D eigenvalue weighted by molar-refractivity contribution is 0.0980. The summed E-state index contributed by atoms with van der Waals surface area (Å²) in [6, 6.07) is 21.4. The van der Waals surface area contributed by atoms with Crippen LogP contribution >= 0.6 is 0 Å². The molecule has 4 aromatic rings. The van der Waals surface area contributed by atoms with Crippen LogP contribution in [-0.4, -0.2) is 11.6 Å². The van der Waals surface area contributed by atoms with Gasteiger partial charge in [-0.1, -0.05) is 60.7 Å². The number of ketones is 2. The van der Waals surface area contributed by atoms with Crippen molar-refractivity contribution in [2.75, 3.05) is 11.5 Å². The minimum absolute atomic E-state index is 0.00360. The molecule has 6 nitrogen and oxygen atoms in total. The van der Waals surface area contributed by atoms with E-state index in [1.54, 1.807) is 36.4 Å². The molecule has 0 saturated carbocycles. The van der Waals surface area contributed by atoms with Crippen LogP contribution in [0.3, 0.4) is 0 Å². The summed E-state index contributed by atoms with van der Waals surface area (Å²) < 4.78 is 12.4. The summed E-state index contributed by atoms with van der Waals surface area (Å²) in [5, 5.41) is 0. The van der Waals surface area contributed by atoms with Crippen molar-refractivity contribution < 1.29 is 19.1 Å². The Labute approximate surface area is 196 Å². The molecule has 0 aromatic heterocycles. The average molecular weight is 450 g/mol. The number of carbonyl (C=O) groups is 2. The van der Waals surface area contributed by atoms with Crippen LogP contribution in [0.5, 0.6) is 23.0 Å². The van der Waals surface area contributed by atoms with E-state index in [-0.39, 0.29) is 56.7 Å². The molecule has 4 aromatic carbocycles. The highest BCUT2D eigenvalue weighted by Crippen LogP contribution is 2.50. The van der Waals surface area contributed by atoms with Crippen LogP contribution in [0.2, 0.25) is 0 Å². The minimum atomic E-state index is -0.383. The molecule has 0 bridgehead atoms. The van der Waals surface area contributed by atoms with Gasteiger partial charge in [-0.15, -0.1) is 0 Å². The molecule has 6 heteroatoms. The highest BCUT2D eigenvalue weighted by Gasteiger charge is 2.37. The van der Waals surface area contributed by atoms with Crippen molar-refractivity contribution in [3.63, 3.8) is 0 Å². The van der Waals surface area contributed by atoms with Crippen LogP contribution in [-0.2, 0) is 0 Å². The Morgan fingerprint density at radius 2 is 0.912 bits per heavy atom. The van der Waals surface area contributed by atoms with Crippen molar-refractivity contribution in [2.45, 2.75) is 13.8 Å². The van der Waals surface area contributed by atoms with Gasteiger partial charge in [0.15, 0.2) is 23.1 Å². The molecular formula is C28H22N2O4. The molecule has 1 aliphatic carbocycles. The Morgan fingerprint density at radius 3 is 1.29 bits per heavy atom. The molecule has 0 radical (unpaired) electrons. The fraction of sp³-hybridized carbons (Fsp3) is 0.0714. The third-order valence-electron chi connectivity index (χ3n) is 5.97. The molecule has 0 aliphatic heterocycles. The molecule has 5 rings (SSSR count). The van der Waals surface area contributed by atoms with E-state index in [1.165, 1.54) is 0 Å². The maximum atomic E-state index is 13.4. The first kappa shape index (κ1) is 21.3. The SMILES string of the molecule is Cc1ccccc1Oc1c(N)c2c(c(N)c1Oc1ccccc1C)C(=O)c1ccccc1C2=O. The first-order chi connectivity index (χ1) is 16.4. The summed E-state index contributed by atoms with van der Waals surface area (Å²) in [5.41, 5.74) is 15.4. The zero-order valence-corrected chi connectivity index (χ0v) is 18.7. The summed E-state index contributed by atoms with van der Waals surface area (Å²) in [6.45, 7) is 3.78. The van der Waals surface area contributed by atoms with Gasteiger partial charge < -0.3 is 20.9 Å². The smallest absolute Gasteiger partial charge is 0.196 e. The molecule has 4 N–H and O–H groups in total. The lowest BCUT2D eigenvalue weighted by Crippen LogP contribution is -2.24. The minimum Gasteiger partial charge on any atom is -0.451 e. The number of hydrogen-bond donors (Lipinski definition) is 2. The zero-order chi connectivity index (χ0) is 24.0. The van der Waals surface area contributed by atoms with Gasteiger partial charge in [-0.05, 0) is 37.1 Å². The lowest BCUT2D eigenvalue weighted by Gasteiger charge is -2.25. The zero-order valence-electron chi connectivity index (χ0n) is 18.7. The second kappa shape index (κ2) is 8.08. The normalized spacial score (nSPS) is 12.2. The Balaban J connectivity index is 1.78. The van der Waals surface area contributed by atoms with Crippen LogP contribution in [0.15, 0.2) is 72.8 Å². The predicted octanol–water partition coefficient (Wildman–Crippen LogP) is 5.83. The maximum absolute atomic E-state index is 13.4. The molecule has 0 heterocycles. The third-order valence-corrected chi connectivity index (χ3v) is 5.97. The Bertz CT molecular complexity index is 1380. The van der Waals surface area contributed by atoms with E-state index in [4.69, 9.17) is 20.9 Å². The van der Waals surface area contributed by atoms with Crippen LogP contribution in [0.25, 0.3) is 0 Å². The van der Waals surface area contributed by atoms with E-state index in [0.29, 0.717) is 11.5 Å². The molecule has 0 saturated heterocycles. The van der Waals surface area contributed by atoms with Crippen molar-refractivity contribution in [3.05, 3.63) is 106 Å². The maximum Gasteiger partial charge on any atom is 0.196 e. The van der Waals surface area contributed by atoms with E-state index in [9.17, 15) is 9.59 Å². The summed E-state index contributed by atoms with van der Waals surface area (Å²) in [6.07, 6.45) is 0. The molecule has 34 heavy (non-hydrogen) atoms. The Kier molecular flexibility index (Phi) is 5.06. The van der Waals surface area contributed by atoms with Gasteiger partial charge in [-0.2, -0.15) is 0 Å². The van der Waals surface area contributed by atoms with Crippen molar-refractivity contribution in [3.8, 4) is 23.0 Å². The number of anilines is 2. The van der Waals surface area contributed by atoms with Crippen LogP contribution in [0.1, 0.15) is 43.0 Å². The molecule has 0 amide bonds. The lowest BCUT2D eigenvalue weighted by atomic mass is 9.82. The summed E-state index contributed by atoms with van der Waals surface area (Å²) >= 11 is 0. The predicted molar refractivity (Wildman–Crippen MR) is 131 cm³/mol. The quantitative estimate of drug-likeness (QED) is 0.334. The first-order valence-corrected chi connectivity index (χ1v) is 10.8. The molecule has 0 fully saturated rings. The van der Waals surface area contributed by atoms with Gasteiger partial charge in [0, 0.05) is 11.1 Å². The van der Waals surface area contributed by atoms with E-state index < -0.39 is 0 Å². The van der Waals surface area contributed by atoms with Gasteiger partial charge in [-0.3, -0.25) is 9.59 Å². The number of nitrogen functional groups attached to an aromatic ring is 2. The van der Waals surface area contributed by atoms with Crippen molar-refractivity contribution >= 4 is 22.9 Å². The standard InChI is InChI=1S/C28H22N2O4/c1-15-9-3-7-13-19(15)33-27-23(29)21-22(26(32)18-12-6-5-11-17(18)25(21)31)24(30)28(27)34-20-14-8-4-10-16(20)2/h3-14H,29-30H2,1-2H3. The fourth-order valence-electron chi connectivity index (χ4n) is 4.13. The van der Waals surface area contributed by atoms with Crippen molar-refractivity contribution in [1.82, 2.24) is 0 Å². The first-order valence-electron chi connectivity index (χ1n) is 10.8. The number of rotatable bonds is 4. The summed E-state index contributed by atoms with van der Waals surface area (Å²) in [7, 11) is 0. The molecule has 0 spiro atoms. The summed E-state index contributed by atoms with van der Waals surface area (Å²) in [5.74, 6) is 0.470. The number of carbonyl (C=O) groups excluding carboxylic acids is 2. The average Bonchev–Trinajstić information content (AvgIpc) is 2.84. The number of benzene rings is 4. The van der Waals surface area contributed by atoms with Gasteiger partial charge in [0.05, 0.1) is 22.5 Å². The van der Waals surface area contributed by atoms with Crippen molar-refractivity contribution in [2.24, 2.45) is 0 Å². The largest absolute Gasteiger partial charge is 0.451 e. The molecule has 1 aliphatic rings. The third kappa shape index (κ3) is 3.28. The number of nitrogens with two attached hydrogens (primary N) is 2. The van der Waals surface area contributed by atoms with Crippen LogP contribution in [0.4, 0.5) is 11.4 Å². The van der Waals surface area contributed by atoms with E-state index in [1.807, 2.05) is 50.2 Å². The van der Waals surface area contributed by atoms with E-state index in [2.05, 4.69) is 0 Å². The molecule has 0 unspecified atom stereocenters.